The topological polar surface area (TPSA) is 17.1 Å². The summed E-state index contributed by atoms with van der Waals surface area (Å²) in [5.74, 6) is 0.592. The van der Waals surface area contributed by atoms with Crippen molar-refractivity contribution in [2.24, 2.45) is 0 Å². The number of carbonyl (C=O) groups is 1. The molecule has 0 radical (unpaired) electrons. The third kappa shape index (κ3) is 3.37. The Balaban J connectivity index is 1.99. The van der Waals surface area contributed by atoms with Crippen molar-refractivity contribution in [2.45, 2.75) is 18.7 Å². The number of thiophene rings is 1. The fourth-order valence-corrected chi connectivity index (χ4v) is 3.44. The first-order valence-electron chi connectivity index (χ1n) is 5.55. The molecule has 0 saturated heterocycles. The Morgan fingerprint density at radius 3 is 2.61 bits per heavy atom. The van der Waals surface area contributed by atoms with Crippen LogP contribution in [0.4, 0.5) is 0 Å². The van der Waals surface area contributed by atoms with E-state index in [1.165, 1.54) is 22.5 Å². The summed E-state index contributed by atoms with van der Waals surface area (Å²) < 4.78 is 0.662. The van der Waals surface area contributed by atoms with Gasteiger partial charge in [0.05, 0.1) is 15.0 Å². The quantitative estimate of drug-likeness (QED) is 0.584. The molecule has 0 aliphatic carbocycles. The molecule has 18 heavy (non-hydrogen) atoms. The van der Waals surface area contributed by atoms with Gasteiger partial charge in [0.1, 0.15) is 0 Å². The van der Waals surface area contributed by atoms with E-state index in [2.05, 4.69) is 32.0 Å². The second-order valence-corrected chi connectivity index (χ2v) is 6.83. The van der Waals surface area contributed by atoms with E-state index in [1.54, 1.807) is 23.9 Å². The number of Topliss-reactive ketones (excluding diaryl/α,β-unsaturated/α-hetero) is 1. The Bertz CT molecular complexity index is 575. The smallest absolute Gasteiger partial charge is 0.183 e. The van der Waals surface area contributed by atoms with Crippen molar-refractivity contribution in [3.8, 4) is 0 Å². The lowest BCUT2D eigenvalue weighted by molar-refractivity contribution is 0.102. The average Bonchev–Trinajstić information content (AvgIpc) is 2.77. The van der Waals surface area contributed by atoms with Gasteiger partial charge in [-0.1, -0.05) is 17.7 Å². The van der Waals surface area contributed by atoms with Crippen molar-refractivity contribution in [1.29, 1.82) is 0 Å². The summed E-state index contributed by atoms with van der Waals surface area (Å²) in [6.45, 7) is 4.17. The zero-order valence-electron chi connectivity index (χ0n) is 10.2. The highest BCUT2D eigenvalue weighted by Gasteiger charge is 2.09. The number of ketones is 1. The first-order chi connectivity index (χ1) is 8.56. The summed E-state index contributed by atoms with van der Waals surface area (Å²) in [6, 6.07) is 9.82. The van der Waals surface area contributed by atoms with Gasteiger partial charge in [0, 0.05) is 4.90 Å². The van der Waals surface area contributed by atoms with Crippen LogP contribution in [0.15, 0.2) is 35.2 Å². The molecule has 4 heteroatoms. The number of carbonyl (C=O) groups excluding carboxylic acids is 1. The highest BCUT2D eigenvalue weighted by molar-refractivity contribution is 8.00. The van der Waals surface area contributed by atoms with Gasteiger partial charge < -0.3 is 0 Å². The maximum Gasteiger partial charge on any atom is 0.183 e. The molecular formula is C14H13ClOS2. The van der Waals surface area contributed by atoms with E-state index < -0.39 is 0 Å². The maximum absolute atomic E-state index is 11.9. The van der Waals surface area contributed by atoms with E-state index in [-0.39, 0.29) is 5.78 Å². The van der Waals surface area contributed by atoms with Crippen molar-refractivity contribution in [2.75, 3.05) is 5.75 Å². The van der Waals surface area contributed by atoms with Crippen LogP contribution in [0.5, 0.6) is 0 Å². The Labute approximate surface area is 120 Å². The summed E-state index contributed by atoms with van der Waals surface area (Å²) in [7, 11) is 0. The van der Waals surface area contributed by atoms with Crippen molar-refractivity contribution in [3.63, 3.8) is 0 Å². The molecule has 94 valence electrons. The van der Waals surface area contributed by atoms with Crippen molar-refractivity contribution in [3.05, 3.63) is 50.7 Å². The summed E-state index contributed by atoms with van der Waals surface area (Å²) >= 11 is 8.73. The molecule has 2 rings (SSSR count). The van der Waals surface area contributed by atoms with Crippen molar-refractivity contribution >= 4 is 40.5 Å². The summed E-state index contributed by atoms with van der Waals surface area (Å²) in [5.41, 5.74) is 2.53. The van der Waals surface area contributed by atoms with Crippen molar-refractivity contribution in [1.82, 2.24) is 0 Å². The van der Waals surface area contributed by atoms with Crippen LogP contribution in [0.2, 0.25) is 4.34 Å². The zero-order chi connectivity index (χ0) is 13.1. The van der Waals surface area contributed by atoms with Gasteiger partial charge in [-0.25, -0.2) is 0 Å². The largest absolute Gasteiger partial charge is 0.292 e. The van der Waals surface area contributed by atoms with E-state index in [1.807, 2.05) is 0 Å². The molecule has 0 amide bonds. The number of hydrogen-bond acceptors (Lipinski definition) is 3. The van der Waals surface area contributed by atoms with Gasteiger partial charge in [-0.2, -0.15) is 0 Å². The second kappa shape index (κ2) is 5.91. The van der Waals surface area contributed by atoms with Gasteiger partial charge in [-0.05, 0) is 49.2 Å². The third-order valence-corrected chi connectivity index (χ3v) is 4.96. The number of halogens is 1. The molecule has 1 nitrogen and oxygen atoms in total. The predicted octanol–water partition coefficient (Wildman–Crippen LogP) is 4.99. The molecule has 1 aromatic heterocycles. The summed E-state index contributed by atoms with van der Waals surface area (Å²) in [5, 5.41) is 0. The molecule has 0 spiro atoms. The fraction of sp³-hybridized carbons (Fsp3) is 0.214. The van der Waals surface area contributed by atoms with E-state index in [4.69, 9.17) is 11.6 Å². The number of hydrogen-bond donors (Lipinski definition) is 0. The highest BCUT2D eigenvalue weighted by atomic mass is 35.5. The molecule has 1 aromatic carbocycles. The van der Waals surface area contributed by atoms with E-state index in [0.29, 0.717) is 10.1 Å². The Hall–Kier alpha value is -0.770. The van der Waals surface area contributed by atoms with E-state index in [9.17, 15) is 4.79 Å². The Morgan fingerprint density at radius 1 is 1.22 bits per heavy atom. The number of benzene rings is 1. The standard InChI is InChI=1S/C14H13ClOS2/c1-9-3-4-11(7-10(9)2)17-8-12(16)13-5-6-14(15)18-13/h3-7H,8H2,1-2H3. The van der Waals surface area contributed by atoms with Gasteiger partial charge in [-0.3, -0.25) is 4.79 Å². The van der Waals surface area contributed by atoms with Crippen LogP contribution in [0.25, 0.3) is 0 Å². The van der Waals surface area contributed by atoms with Crippen LogP contribution in [0.3, 0.4) is 0 Å². The van der Waals surface area contributed by atoms with Gasteiger partial charge in [0.25, 0.3) is 0 Å². The van der Waals surface area contributed by atoms with Crippen LogP contribution in [-0.2, 0) is 0 Å². The SMILES string of the molecule is Cc1ccc(SCC(=O)c2ccc(Cl)s2)cc1C. The summed E-state index contributed by atoms with van der Waals surface area (Å²) in [6.07, 6.45) is 0. The molecule has 0 fully saturated rings. The second-order valence-electron chi connectivity index (χ2n) is 4.06. The molecule has 0 N–H and O–H groups in total. The molecule has 2 aromatic rings. The van der Waals surface area contributed by atoms with Crippen molar-refractivity contribution < 1.29 is 4.79 Å². The molecule has 0 saturated carbocycles. The summed E-state index contributed by atoms with van der Waals surface area (Å²) in [4.78, 5) is 13.8. The van der Waals surface area contributed by atoms with Crippen LogP contribution < -0.4 is 0 Å². The lowest BCUT2D eigenvalue weighted by atomic mass is 10.1. The van der Waals surface area contributed by atoms with Gasteiger partial charge >= 0.3 is 0 Å². The van der Waals surface area contributed by atoms with Gasteiger partial charge in [0.15, 0.2) is 5.78 Å². The first kappa shape index (κ1) is 13.7. The Kier molecular flexibility index (Phi) is 4.49. The van der Waals surface area contributed by atoms with E-state index in [0.717, 1.165) is 9.77 Å². The third-order valence-electron chi connectivity index (χ3n) is 2.70. The van der Waals surface area contributed by atoms with Crippen LogP contribution in [0.1, 0.15) is 20.8 Å². The van der Waals surface area contributed by atoms with E-state index >= 15 is 0 Å². The number of thioether (sulfide) groups is 1. The zero-order valence-corrected chi connectivity index (χ0v) is 12.6. The molecule has 0 aliphatic rings. The van der Waals surface area contributed by atoms with Gasteiger partial charge in [-0.15, -0.1) is 23.1 Å². The number of aryl methyl sites for hydroxylation is 2. The predicted molar refractivity (Wildman–Crippen MR) is 80.3 cm³/mol. The Morgan fingerprint density at radius 2 is 2.00 bits per heavy atom. The minimum Gasteiger partial charge on any atom is -0.292 e. The lowest BCUT2D eigenvalue weighted by Gasteiger charge is -2.04. The minimum absolute atomic E-state index is 0.134. The molecule has 0 unspecified atom stereocenters. The first-order valence-corrected chi connectivity index (χ1v) is 7.73. The number of rotatable bonds is 4. The van der Waals surface area contributed by atoms with Gasteiger partial charge in [0.2, 0.25) is 0 Å². The van der Waals surface area contributed by atoms with Crippen LogP contribution in [-0.4, -0.2) is 11.5 Å². The monoisotopic (exact) mass is 296 g/mol. The molecular weight excluding hydrogens is 284 g/mol. The van der Waals surface area contributed by atoms with Crippen LogP contribution >= 0.6 is 34.7 Å². The minimum atomic E-state index is 0.134. The average molecular weight is 297 g/mol. The van der Waals surface area contributed by atoms with Crippen LogP contribution in [0, 0.1) is 13.8 Å². The molecule has 0 aliphatic heterocycles. The molecule has 1 heterocycles. The molecule has 0 bridgehead atoms. The molecule has 0 atom stereocenters. The lowest BCUT2D eigenvalue weighted by Crippen LogP contribution is -1.99. The highest BCUT2D eigenvalue weighted by Crippen LogP contribution is 2.25. The maximum atomic E-state index is 11.9. The fourth-order valence-electron chi connectivity index (χ4n) is 1.49. The normalized spacial score (nSPS) is 10.6.